The highest BCUT2D eigenvalue weighted by Crippen LogP contribution is 2.28. The van der Waals surface area contributed by atoms with Crippen LogP contribution in [0.5, 0.6) is 0 Å². The Hall–Kier alpha value is -1.08. The Kier molecular flexibility index (Phi) is 5.36. The molecule has 0 amide bonds. The third-order valence-electron chi connectivity index (χ3n) is 3.97. The Morgan fingerprint density at radius 3 is 2.86 bits per heavy atom. The van der Waals surface area contributed by atoms with Crippen LogP contribution in [0.15, 0.2) is 24.3 Å². The number of aromatic nitrogens is 2. The first-order chi connectivity index (χ1) is 10.8. The van der Waals surface area contributed by atoms with Gasteiger partial charge in [-0.3, -0.25) is 0 Å². The van der Waals surface area contributed by atoms with Gasteiger partial charge in [0.2, 0.25) is 0 Å². The summed E-state index contributed by atoms with van der Waals surface area (Å²) in [6, 6.07) is 8.52. The Balaban J connectivity index is 1.96. The van der Waals surface area contributed by atoms with Gasteiger partial charge < -0.3 is 10.1 Å². The third kappa shape index (κ3) is 3.46. The summed E-state index contributed by atoms with van der Waals surface area (Å²) in [4.78, 5) is 0. The molecule has 1 aliphatic heterocycles. The average molecular weight is 411 g/mol. The summed E-state index contributed by atoms with van der Waals surface area (Å²) in [5.74, 6) is 1.17. The first-order valence-corrected chi connectivity index (χ1v) is 9.06. The van der Waals surface area contributed by atoms with E-state index in [9.17, 15) is 0 Å². The lowest BCUT2D eigenvalue weighted by Gasteiger charge is -2.09. The molecule has 0 aliphatic carbocycles. The van der Waals surface area contributed by atoms with Crippen molar-refractivity contribution in [3.8, 4) is 5.69 Å². The summed E-state index contributed by atoms with van der Waals surface area (Å²) in [5.41, 5.74) is 3.67. The Morgan fingerprint density at radius 1 is 1.27 bits per heavy atom. The minimum Gasteiger partial charge on any atom is -0.381 e. The topological polar surface area (TPSA) is 39.1 Å². The second-order valence-corrected chi connectivity index (χ2v) is 6.74. The number of ether oxygens (including phenoxy) is 1. The third-order valence-corrected chi connectivity index (χ3v) is 4.69. The standard InChI is InChI=1S/C17H22IN3O/c1-2-22-12-10-16-15-5-3-4-11-19-17(15)21(20-16)14-8-6-13(18)7-9-14/h6-9,19H,2-5,10-12H2,1H3. The molecule has 0 fully saturated rings. The molecule has 0 atom stereocenters. The maximum Gasteiger partial charge on any atom is 0.133 e. The van der Waals surface area contributed by atoms with Gasteiger partial charge in [-0.25, -0.2) is 4.68 Å². The summed E-state index contributed by atoms with van der Waals surface area (Å²) in [5, 5.41) is 8.45. The van der Waals surface area contributed by atoms with Gasteiger partial charge in [0.1, 0.15) is 5.82 Å². The second kappa shape index (κ2) is 7.46. The molecule has 0 saturated carbocycles. The van der Waals surface area contributed by atoms with Crippen LogP contribution in [0.25, 0.3) is 5.69 Å². The van der Waals surface area contributed by atoms with Crippen LogP contribution in [-0.2, 0) is 17.6 Å². The SMILES string of the molecule is CCOCCc1nn(-c2ccc(I)cc2)c2c1CCCCN2. The van der Waals surface area contributed by atoms with Crippen LogP contribution in [0.1, 0.15) is 31.0 Å². The maximum absolute atomic E-state index is 5.52. The molecule has 1 aliphatic rings. The van der Waals surface area contributed by atoms with Crippen molar-refractivity contribution >= 4 is 28.4 Å². The van der Waals surface area contributed by atoms with Crippen LogP contribution in [-0.4, -0.2) is 29.5 Å². The summed E-state index contributed by atoms with van der Waals surface area (Å²) >= 11 is 2.33. The van der Waals surface area contributed by atoms with Gasteiger partial charge in [0.25, 0.3) is 0 Å². The molecule has 5 heteroatoms. The fourth-order valence-electron chi connectivity index (χ4n) is 2.86. The predicted octanol–water partition coefficient (Wildman–Crippen LogP) is 3.80. The molecule has 1 N–H and O–H groups in total. The molecule has 0 unspecified atom stereocenters. The highest BCUT2D eigenvalue weighted by atomic mass is 127. The van der Waals surface area contributed by atoms with Crippen LogP contribution in [0.3, 0.4) is 0 Å². The van der Waals surface area contributed by atoms with Crippen LogP contribution in [0.4, 0.5) is 5.82 Å². The Labute approximate surface area is 145 Å². The van der Waals surface area contributed by atoms with E-state index in [2.05, 4.69) is 56.9 Å². The van der Waals surface area contributed by atoms with Crippen LogP contribution >= 0.6 is 22.6 Å². The molecular weight excluding hydrogens is 389 g/mol. The van der Waals surface area contributed by atoms with Gasteiger partial charge in [-0.15, -0.1) is 0 Å². The molecule has 0 radical (unpaired) electrons. The molecule has 4 nitrogen and oxygen atoms in total. The van der Waals surface area contributed by atoms with Crippen LogP contribution < -0.4 is 5.32 Å². The lowest BCUT2D eigenvalue weighted by Crippen LogP contribution is -2.07. The number of halogens is 1. The monoisotopic (exact) mass is 411 g/mol. The fourth-order valence-corrected chi connectivity index (χ4v) is 3.22. The van der Waals surface area contributed by atoms with E-state index < -0.39 is 0 Å². The number of fused-ring (bicyclic) bond motifs is 1. The Morgan fingerprint density at radius 2 is 2.09 bits per heavy atom. The number of nitrogens with zero attached hydrogens (tertiary/aromatic N) is 2. The van der Waals surface area contributed by atoms with Crippen molar-refractivity contribution in [2.45, 2.75) is 32.6 Å². The molecule has 22 heavy (non-hydrogen) atoms. The average Bonchev–Trinajstić information content (AvgIpc) is 2.71. The van der Waals surface area contributed by atoms with E-state index in [4.69, 9.17) is 9.84 Å². The van der Waals surface area contributed by atoms with Gasteiger partial charge in [0.05, 0.1) is 18.0 Å². The van der Waals surface area contributed by atoms with Gasteiger partial charge in [0, 0.05) is 28.7 Å². The van der Waals surface area contributed by atoms with Crippen LogP contribution in [0, 0.1) is 3.57 Å². The van der Waals surface area contributed by atoms with Gasteiger partial charge in [-0.05, 0) is 73.0 Å². The van der Waals surface area contributed by atoms with E-state index in [0.717, 1.165) is 38.3 Å². The molecule has 2 heterocycles. The summed E-state index contributed by atoms with van der Waals surface area (Å²) in [6.45, 7) is 4.56. The molecule has 0 saturated heterocycles. The molecule has 118 valence electrons. The van der Waals surface area contributed by atoms with E-state index in [-0.39, 0.29) is 0 Å². The molecule has 2 aromatic rings. The highest BCUT2D eigenvalue weighted by molar-refractivity contribution is 14.1. The van der Waals surface area contributed by atoms with Crippen LogP contribution in [0.2, 0.25) is 0 Å². The molecule has 1 aromatic heterocycles. The lowest BCUT2D eigenvalue weighted by molar-refractivity contribution is 0.150. The highest BCUT2D eigenvalue weighted by Gasteiger charge is 2.20. The van der Waals surface area contributed by atoms with Crippen molar-refractivity contribution in [2.24, 2.45) is 0 Å². The quantitative estimate of drug-likeness (QED) is 0.601. The normalized spacial score (nSPS) is 14.3. The molecular formula is C17H22IN3O. The minimum atomic E-state index is 0.743. The molecule has 0 bridgehead atoms. The number of rotatable bonds is 5. The van der Waals surface area contributed by atoms with Crippen molar-refractivity contribution < 1.29 is 4.74 Å². The van der Waals surface area contributed by atoms with Gasteiger partial charge in [-0.2, -0.15) is 5.10 Å². The number of anilines is 1. The summed E-state index contributed by atoms with van der Waals surface area (Å²) in [6.07, 6.45) is 4.43. The summed E-state index contributed by atoms with van der Waals surface area (Å²) < 4.78 is 8.83. The van der Waals surface area contributed by atoms with Crippen molar-refractivity contribution in [3.05, 3.63) is 39.1 Å². The molecule has 1 aromatic carbocycles. The largest absolute Gasteiger partial charge is 0.381 e. The van der Waals surface area contributed by atoms with E-state index >= 15 is 0 Å². The number of hydrogen-bond donors (Lipinski definition) is 1. The fraction of sp³-hybridized carbons (Fsp3) is 0.471. The van der Waals surface area contributed by atoms with Gasteiger partial charge in [-0.1, -0.05) is 0 Å². The number of benzene rings is 1. The number of hydrogen-bond acceptors (Lipinski definition) is 3. The first kappa shape index (κ1) is 15.8. The van der Waals surface area contributed by atoms with Crippen molar-refractivity contribution in [1.82, 2.24) is 9.78 Å². The predicted molar refractivity (Wildman–Crippen MR) is 97.9 cm³/mol. The van der Waals surface area contributed by atoms with Crippen molar-refractivity contribution in [2.75, 3.05) is 25.1 Å². The van der Waals surface area contributed by atoms with E-state index in [1.54, 1.807) is 0 Å². The van der Waals surface area contributed by atoms with Crippen molar-refractivity contribution in [1.29, 1.82) is 0 Å². The zero-order valence-electron chi connectivity index (χ0n) is 12.9. The first-order valence-electron chi connectivity index (χ1n) is 7.98. The second-order valence-electron chi connectivity index (χ2n) is 5.49. The zero-order valence-corrected chi connectivity index (χ0v) is 15.1. The van der Waals surface area contributed by atoms with Crippen molar-refractivity contribution in [3.63, 3.8) is 0 Å². The Bertz CT molecular complexity index is 622. The van der Waals surface area contributed by atoms with Gasteiger partial charge >= 0.3 is 0 Å². The minimum absolute atomic E-state index is 0.743. The van der Waals surface area contributed by atoms with Gasteiger partial charge in [0.15, 0.2) is 0 Å². The zero-order chi connectivity index (χ0) is 15.4. The summed E-state index contributed by atoms with van der Waals surface area (Å²) in [7, 11) is 0. The lowest BCUT2D eigenvalue weighted by atomic mass is 10.1. The van der Waals surface area contributed by atoms with E-state index in [1.807, 2.05) is 6.92 Å². The molecule has 3 rings (SSSR count). The van der Waals surface area contributed by atoms with E-state index in [1.165, 1.54) is 33.5 Å². The number of nitrogens with one attached hydrogen (secondary N) is 1. The maximum atomic E-state index is 5.52. The smallest absolute Gasteiger partial charge is 0.133 e. The van der Waals surface area contributed by atoms with E-state index in [0.29, 0.717) is 0 Å². The molecule has 0 spiro atoms.